The van der Waals surface area contributed by atoms with Gasteiger partial charge in [0.05, 0.1) is 12.6 Å². The van der Waals surface area contributed by atoms with Gasteiger partial charge < -0.3 is 29.8 Å². The van der Waals surface area contributed by atoms with E-state index in [0.717, 1.165) is 90.5 Å². The van der Waals surface area contributed by atoms with Gasteiger partial charge in [-0.2, -0.15) is 20.1 Å². The van der Waals surface area contributed by atoms with Crippen LogP contribution in [0.25, 0.3) is 23.1 Å². The molecule has 0 heterocycles. The maximum absolute atomic E-state index is 11.6. The number of nitrogens with zero attached hydrogens (tertiary/aromatic N) is 7. The zero-order valence-corrected chi connectivity index (χ0v) is 44.8. The number of aryl methyl sites for hydroxylation is 3. The van der Waals surface area contributed by atoms with Crippen LogP contribution in [0.4, 0.5) is 68.2 Å². The molecule has 0 aromatic heterocycles. The number of carbonyl (C=O) groups is 2. The first-order valence-electron chi connectivity index (χ1n) is 25.5. The number of carbonyl (C=O) groups excluding carboxylic acids is 2. The van der Waals surface area contributed by atoms with Crippen molar-refractivity contribution in [1.29, 1.82) is 10.5 Å². The van der Waals surface area contributed by atoms with E-state index in [-0.39, 0.29) is 17.4 Å². The molecule has 0 spiro atoms. The highest BCUT2D eigenvalue weighted by molar-refractivity contribution is 5.97. The number of hydrogen-bond donors (Lipinski definition) is 2. The monoisotopic (exact) mass is 1070 g/mol. The van der Waals surface area contributed by atoms with Crippen molar-refractivity contribution in [3.63, 3.8) is 0 Å². The van der Waals surface area contributed by atoms with Crippen molar-refractivity contribution >= 4 is 105 Å². The molecule has 82 heavy (non-hydrogen) atoms. The number of carboxylic acid groups (broad SMARTS) is 2. The first kappa shape index (κ1) is 56.4. The number of aliphatic carboxylic acids is 2. The number of anilines is 12. The van der Waals surface area contributed by atoms with Crippen LogP contribution >= 0.6 is 0 Å². The second-order valence-corrected chi connectivity index (χ2v) is 18.6. The Labute approximate surface area is 475 Å². The second-order valence-electron chi connectivity index (χ2n) is 18.6. The van der Waals surface area contributed by atoms with Gasteiger partial charge in [-0.05, 0) is 218 Å². The van der Waals surface area contributed by atoms with Gasteiger partial charge in [0.2, 0.25) is 0 Å². The predicted octanol–water partition coefficient (Wildman–Crippen LogP) is 16.8. The lowest BCUT2D eigenvalue weighted by Crippen LogP contribution is -2.14. The minimum Gasteiger partial charge on any atom is -0.486 e. The Morgan fingerprint density at radius 3 is 0.963 bits per heavy atom. The molecule has 0 bridgehead atoms. The van der Waals surface area contributed by atoms with Crippen molar-refractivity contribution in [3.8, 4) is 12.1 Å². The predicted molar refractivity (Wildman–Crippen MR) is 322 cm³/mol. The minimum absolute atomic E-state index is 0.250. The third-order valence-electron chi connectivity index (χ3n) is 13.0. The standard InChI is InChI=1S/C68H51N7O4.CO2/c1-47-9-5-13-63(41-47)73(54-22-16-50(17-23-54)12-8-40-69)60-34-28-57(29-35-60)72(58-30-36-61(37-31-58)74(64-14-6-10-48(2)42-64)55-24-18-51(19-25-55)44-53(46-70)67(76)77)59-32-38-62(39-33-59)75(65-15-7-11-49(3)43-65)56-26-20-52(21-27-56)45-66(71-4)68(78)79;2-1-3/h5-39,41-45H,1-3H3,(H,76,77)(H,78,79);/b12-8-,53-44-,66-45+;. The van der Waals surface area contributed by atoms with Crippen molar-refractivity contribution in [3.05, 3.63) is 281 Å². The van der Waals surface area contributed by atoms with Gasteiger partial charge in [0.25, 0.3) is 5.70 Å². The molecule has 0 fully saturated rings. The van der Waals surface area contributed by atoms with Gasteiger partial charge in [0.15, 0.2) is 0 Å². The van der Waals surface area contributed by atoms with Gasteiger partial charge in [-0.3, -0.25) is 4.79 Å². The largest absolute Gasteiger partial charge is 0.486 e. The quantitative estimate of drug-likeness (QED) is 0.0503. The lowest BCUT2D eigenvalue weighted by molar-refractivity contribution is -0.191. The van der Waals surface area contributed by atoms with Gasteiger partial charge in [0, 0.05) is 74.3 Å². The third-order valence-corrected chi connectivity index (χ3v) is 13.0. The molecule has 0 saturated heterocycles. The van der Waals surface area contributed by atoms with Gasteiger partial charge in [0.1, 0.15) is 11.6 Å². The minimum atomic E-state index is -1.29. The van der Waals surface area contributed by atoms with Crippen molar-refractivity contribution in [2.45, 2.75) is 20.8 Å². The molecule has 9 aromatic carbocycles. The summed E-state index contributed by atoms with van der Waals surface area (Å²) in [4.78, 5) is 51.4. The summed E-state index contributed by atoms with van der Waals surface area (Å²) in [5.74, 6) is -2.57. The molecule has 13 heteroatoms. The SMILES string of the molecule is O=C=O.[C-]#[N+]/C(=C/c1ccc(N(c2ccc(N(c3ccc(N(c4ccc(/C=C\C#N)cc4)c4cccc(C)c4)cc3)c3ccc(N(c4ccc(/C=C(/C#N)C(=O)O)cc4)c4cccc(C)c4)cc3)cc2)c2cccc(C)c2)cc1)C(=O)O. The summed E-state index contributed by atoms with van der Waals surface area (Å²) in [6.45, 7) is 13.5. The molecule has 13 nitrogen and oxygen atoms in total. The van der Waals surface area contributed by atoms with Crippen LogP contribution < -0.4 is 19.6 Å². The van der Waals surface area contributed by atoms with Crippen molar-refractivity contribution in [1.82, 2.24) is 0 Å². The highest BCUT2D eigenvalue weighted by atomic mass is 16.4. The number of hydrogen-bond acceptors (Lipinski definition) is 10. The van der Waals surface area contributed by atoms with Crippen LogP contribution in [0.1, 0.15) is 33.4 Å². The van der Waals surface area contributed by atoms with E-state index < -0.39 is 11.9 Å². The fourth-order valence-electron chi connectivity index (χ4n) is 9.26. The molecule has 0 atom stereocenters. The number of carboxylic acids is 2. The molecule has 0 saturated carbocycles. The van der Waals surface area contributed by atoms with E-state index >= 15 is 0 Å². The summed E-state index contributed by atoms with van der Waals surface area (Å²) in [5.41, 5.74) is 15.4. The molecule has 0 aliphatic rings. The van der Waals surface area contributed by atoms with Crippen LogP contribution in [0.2, 0.25) is 0 Å². The Hall–Kier alpha value is -11.8. The van der Waals surface area contributed by atoms with E-state index in [1.165, 1.54) is 18.2 Å². The Kier molecular flexibility index (Phi) is 18.2. The van der Waals surface area contributed by atoms with Crippen LogP contribution in [0.5, 0.6) is 0 Å². The van der Waals surface area contributed by atoms with Crippen molar-refractivity contribution in [2.75, 3.05) is 19.6 Å². The van der Waals surface area contributed by atoms with E-state index in [2.05, 4.69) is 153 Å². The Morgan fingerprint density at radius 1 is 0.427 bits per heavy atom. The normalized spacial score (nSPS) is 10.9. The lowest BCUT2D eigenvalue weighted by atomic mass is 10.1. The summed E-state index contributed by atoms with van der Waals surface area (Å²) in [6.07, 6.45) is 6.22. The molecule has 0 aliphatic carbocycles. The van der Waals surface area contributed by atoms with E-state index in [0.29, 0.717) is 11.1 Å². The first-order chi connectivity index (χ1) is 39.8. The van der Waals surface area contributed by atoms with E-state index in [1.807, 2.05) is 92.7 Å². The summed E-state index contributed by atoms with van der Waals surface area (Å²) in [7, 11) is 0. The number of rotatable bonds is 17. The van der Waals surface area contributed by atoms with E-state index in [9.17, 15) is 25.1 Å². The summed E-state index contributed by atoms with van der Waals surface area (Å²) in [5, 5.41) is 37.6. The summed E-state index contributed by atoms with van der Waals surface area (Å²) in [6, 6.07) is 76.6. The maximum Gasteiger partial charge on any atom is 0.373 e. The molecule has 9 rings (SSSR count). The molecule has 0 unspecified atom stereocenters. The Bertz CT molecular complexity index is 3840. The van der Waals surface area contributed by atoms with Crippen molar-refractivity contribution in [2.24, 2.45) is 0 Å². The topological polar surface area (TPSA) is 174 Å². The lowest BCUT2D eigenvalue weighted by Gasteiger charge is -2.30. The zero-order valence-electron chi connectivity index (χ0n) is 44.8. The molecule has 2 N–H and O–H groups in total. The summed E-state index contributed by atoms with van der Waals surface area (Å²) < 4.78 is 0. The number of benzene rings is 9. The maximum atomic E-state index is 11.6. The van der Waals surface area contributed by atoms with Crippen LogP contribution in [-0.2, 0) is 19.2 Å². The second kappa shape index (κ2) is 26.5. The van der Waals surface area contributed by atoms with Crippen molar-refractivity contribution < 1.29 is 29.4 Å². The van der Waals surface area contributed by atoms with Crippen LogP contribution in [-0.4, -0.2) is 28.3 Å². The fourth-order valence-corrected chi connectivity index (χ4v) is 9.26. The van der Waals surface area contributed by atoms with E-state index in [4.69, 9.17) is 21.4 Å². The molecular formula is C69H51N7O6. The van der Waals surface area contributed by atoms with Crippen LogP contribution in [0.3, 0.4) is 0 Å². The number of nitriles is 2. The average Bonchev–Trinajstić information content (AvgIpc) is 3.58. The smallest absolute Gasteiger partial charge is 0.373 e. The molecule has 0 amide bonds. The fraction of sp³-hybridized carbons (Fsp3) is 0.0435. The third kappa shape index (κ3) is 13.6. The van der Waals surface area contributed by atoms with Gasteiger partial charge >= 0.3 is 18.1 Å². The number of allylic oxidation sites excluding steroid dienone is 1. The molecule has 0 aliphatic heterocycles. The van der Waals surface area contributed by atoms with Crippen LogP contribution in [0.15, 0.2) is 236 Å². The van der Waals surface area contributed by atoms with Gasteiger partial charge in [-0.1, -0.05) is 72.8 Å². The molecular weight excluding hydrogens is 1020 g/mol. The Morgan fingerprint density at radius 2 is 0.707 bits per heavy atom. The zero-order chi connectivity index (χ0) is 58.1. The Balaban J connectivity index is 0.00000287. The van der Waals surface area contributed by atoms with Gasteiger partial charge in [-0.25, -0.2) is 9.64 Å². The van der Waals surface area contributed by atoms with Crippen LogP contribution in [0, 0.1) is 50.0 Å². The molecule has 0 radical (unpaired) electrons. The van der Waals surface area contributed by atoms with E-state index in [1.54, 1.807) is 36.4 Å². The van der Waals surface area contributed by atoms with Gasteiger partial charge in [-0.15, -0.1) is 0 Å². The average molecular weight is 1070 g/mol. The molecule has 398 valence electrons. The first-order valence-corrected chi connectivity index (χ1v) is 25.5. The highest BCUT2D eigenvalue weighted by Crippen LogP contribution is 2.43. The highest BCUT2D eigenvalue weighted by Gasteiger charge is 2.21. The molecule has 9 aromatic rings. The summed E-state index contributed by atoms with van der Waals surface area (Å²) >= 11 is 0.